The summed E-state index contributed by atoms with van der Waals surface area (Å²) in [4.78, 5) is 0.312. The number of benzene rings is 3. The SMILES string of the molecule is N#CCCS(=O)(=O)c1ccc(NP(Nc2ccc(S(=O)(=O)CCC#N)cc2)c2ccccc2)cc1. The van der Waals surface area contributed by atoms with E-state index < -0.39 is 27.9 Å². The van der Waals surface area contributed by atoms with E-state index in [1.54, 1.807) is 24.3 Å². The van der Waals surface area contributed by atoms with Crippen LogP contribution >= 0.6 is 8.22 Å². The van der Waals surface area contributed by atoms with Crippen LogP contribution in [0.15, 0.2) is 88.7 Å². The van der Waals surface area contributed by atoms with E-state index in [1.807, 2.05) is 42.5 Å². The second-order valence-electron chi connectivity index (χ2n) is 7.40. The standard InChI is InChI=1S/C24H23N4O4PS2/c25-16-4-18-34(29,30)23-12-8-20(9-13-23)27-33(22-6-2-1-3-7-22)28-21-10-14-24(15-11-21)35(31,32)19-5-17-26/h1-3,6-15,27-28H,4-5,18-19H2. The monoisotopic (exact) mass is 526 g/mol. The lowest BCUT2D eigenvalue weighted by Gasteiger charge is -2.22. The maximum atomic E-state index is 12.3. The number of nitrogens with zero attached hydrogens (tertiary/aromatic N) is 2. The number of hydrogen-bond donors (Lipinski definition) is 2. The van der Waals surface area contributed by atoms with Gasteiger partial charge in [-0.05, 0) is 48.5 Å². The number of rotatable bonds is 11. The molecule has 0 saturated heterocycles. The molecule has 0 aliphatic heterocycles. The van der Waals surface area contributed by atoms with Crippen molar-refractivity contribution in [2.75, 3.05) is 21.7 Å². The summed E-state index contributed by atoms with van der Waals surface area (Å²) in [5.74, 6) is -0.451. The number of nitriles is 2. The molecule has 11 heteroatoms. The van der Waals surface area contributed by atoms with Crippen molar-refractivity contribution in [3.05, 3.63) is 78.9 Å². The molecule has 0 saturated carbocycles. The lowest BCUT2D eigenvalue weighted by molar-refractivity contribution is 0.594. The first kappa shape index (κ1) is 26.2. The van der Waals surface area contributed by atoms with E-state index in [1.165, 1.54) is 24.3 Å². The first-order valence-corrected chi connectivity index (χ1v) is 15.2. The molecule has 35 heavy (non-hydrogen) atoms. The van der Waals surface area contributed by atoms with Crippen molar-refractivity contribution in [1.82, 2.24) is 0 Å². The fourth-order valence-electron chi connectivity index (χ4n) is 3.06. The van der Waals surface area contributed by atoms with Crippen molar-refractivity contribution in [1.29, 1.82) is 10.5 Å². The molecule has 180 valence electrons. The summed E-state index contributed by atoms with van der Waals surface area (Å²) in [7, 11) is -8.22. The van der Waals surface area contributed by atoms with E-state index >= 15 is 0 Å². The van der Waals surface area contributed by atoms with Crippen LogP contribution in [0.2, 0.25) is 0 Å². The highest BCUT2D eigenvalue weighted by atomic mass is 32.2. The molecule has 0 aromatic heterocycles. The predicted molar refractivity (Wildman–Crippen MR) is 138 cm³/mol. The summed E-state index contributed by atoms with van der Waals surface area (Å²) in [5.41, 5.74) is 1.39. The van der Waals surface area contributed by atoms with Crippen LogP contribution in [0.25, 0.3) is 0 Å². The van der Waals surface area contributed by atoms with Gasteiger partial charge in [-0.2, -0.15) is 10.5 Å². The average Bonchev–Trinajstić information content (AvgIpc) is 2.87. The number of nitrogens with one attached hydrogen (secondary N) is 2. The zero-order valence-corrected chi connectivity index (χ0v) is 21.2. The third-order valence-electron chi connectivity index (χ3n) is 4.89. The van der Waals surface area contributed by atoms with Gasteiger partial charge in [0.1, 0.15) is 8.22 Å². The predicted octanol–water partition coefficient (Wildman–Crippen LogP) is 4.22. The minimum atomic E-state index is -3.52. The molecule has 0 spiro atoms. The van der Waals surface area contributed by atoms with Crippen molar-refractivity contribution < 1.29 is 16.8 Å². The molecule has 3 rings (SSSR count). The van der Waals surface area contributed by atoms with E-state index in [0.717, 1.165) is 5.30 Å². The molecule has 0 bridgehead atoms. The molecule has 3 aromatic carbocycles. The molecule has 2 N–H and O–H groups in total. The van der Waals surface area contributed by atoms with Crippen LogP contribution in [-0.4, -0.2) is 28.3 Å². The molecule has 0 unspecified atom stereocenters. The van der Waals surface area contributed by atoms with Gasteiger partial charge < -0.3 is 10.2 Å². The summed E-state index contributed by atoms with van der Waals surface area (Å²) in [6.07, 6.45) is -0.131. The zero-order valence-electron chi connectivity index (χ0n) is 18.6. The third kappa shape index (κ3) is 7.27. The Bertz CT molecular complexity index is 1340. The van der Waals surface area contributed by atoms with Gasteiger partial charge in [0.05, 0.1) is 33.4 Å². The molecule has 0 aliphatic rings. The van der Waals surface area contributed by atoms with Crippen LogP contribution in [0.4, 0.5) is 11.4 Å². The number of sulfone groups is 2. The maximum Gasteiger partial charge on any atom is 0.179 e. The van der Waals surface area contributed by atoms with Crippen LogP contribution in [0.3, 0.4) is 0 Å². The van der Waals surface area contributed by atoms with Crippen molar-refractivity contribution in [2.24, 2.45) is 0 Å². The average molecular weight is 527 g/mol. The molecule has 0 heterocycles. The summed E-state index contributed by atoms with van der Waals surface area (Å²) >= 11 is 0. The van der Waals surface area contributed by atoms with Crippen molar-refractivity contribution in [3.8, 4) is 12.1 Å². The van der Waals surface area contributed by atoms with Crippen LogP contribution in [-0.2, 0) is 19.7 Å². The number of anilines is 2. The Balaban J connectivity index is 1.80. The summed E-state index contributed by atoms with van der Waals surface area (Å²) < 4.78 is 49.2. The molecular weight excluding hydrogens is 503 g/mol. The molecular formula is C24H23N4O4PS2. The first-order chi connectivity index (χ1) is 16.7. The van der Waals surface area contributed by atoms with Gasteiger partial charge in [-0.25, -0.2) is 16.8 Å². The van der Waals surface area contributed by atoms with E-state index in [-0.39, 0.29) is 34.1 Å². The summed E-state index contributed by atoms with van der Waals surface area (Å²) in [5, 5.41) is 25.1. The van der Waals surface area contributed by atoms with Crippen LogP contribution in [0, 0.1) is 22.7 Å². The fourth-order valence-corrected chi connectivity index (χ4v) is 6.95. The van der Waals surface area contributed by atoms with Gasteiger partial charge in [0, 0.05) is 29.5 Å². The third-order valence-corrected chi connectivity index (χ3v) is 10.1. The fraction of sp³-hybridized carbons (Fsp3) is 0.167. The Morgan fingerprint density at radius 1 is 0.629 bits per heavy atom. The smallest absolute Gasteiger partial charge is 0.179 e. The molecule has 0 aliphatic carbocycles. The highest BCUT2D eigenvalue weighted by molar-refractivity contribution is 7.91. The Morgan fingerprint density at radius 2 is 1.03 bits per heavy atom. The lowest BCUT2D eigenvalue weighted by Crippen LogP contribution is -2.13. The molecule has 0 atom stereocenters. The first-order valence-electron chi connectivity index (χ1n) is 10.5. The molecule has 8 nitrogen and oxygen atoms in total. The number of hydrogen-bond acceptors (Lipinski definition) is 8. The van der Waals surface area contributed by atoms with Gasteiger partial charge in [-0.15, -0.1) is 0 Å². The Kier molecular flexibility index (Phi) is 8.84. The molecule has 0 amide bonds. The van der Waals surface area contributed by atoms with E-state index in [4.69, 9.17) is 10.5 Å². The van der Waals surface area contributed by atoms with Crippen molar-refractivity contribution >= 4 is 44.6 Å². The summed E-state index contributed by atoms with van der Waals surface area (Å²) in [6.45, 7) is 0. The van der Waals surface area contributed by atoms with Gasteiger partial charge in [-0.1, -0.05) is 30.3 Å². The summed E-state index contributed by atoms with van der Waals surface area (Å²) in [6, 6.07) is 26.0. The van der Waals surface area contributed by atoms with Crippen molar-refractivity contribution in [3.63, 3.8) is 0 Å². The molecule has 0 radical (unpaired) electrons. The Hall–Kier alpha value is -3.43. The second-order valence-corrected chi connectivity index (χ2v) is 13.3. The van der Waals surface area contributed by atoms with Gasteiger partial charge in [0.2, 0.25) is 0 Å². The van der Waals surface area contributed by atoms with E-state index in [2.05, 4.69) is 10.2 Å². The highest BCUT2D eigenvalue weighted by Gasteiger charge is 2.17. The normalized spacial score (nSPS) is 11.4. The lowest BCUT2D eigenvalue weighted by atomic mass is 10.3. The van der Waals surface area contributed by atoms with Crippen molar-refractivity contribution in [2.45, 2.75) is 22.6 Å². The largest absolute Gasteiger partial charge is 0.344 e. The maximum absolute atomic E-state index is 12.3. The zero-order chi connectivity index (χ0) is 25.3. The van der Waals surface area contributed by atoms with Gasteiger partial charge >= 0.3 is 0 Å². The molecule has 0 fully saturated rings. The van der Waals surface area contributed by atoms with Crippen LogP contribution < -0.4 is 15.5 Å². The minimum absolute atomic E-state index is 0.0655. The Labute approximate surface area is 206 Å². The van der Waals surface area contributed by atoms with Gasteiger partial charge in [0.25, 0.3) is 0 Å². The van der Waals surface area contributed by atoms with Gasteiger partial charge in [0.15, 0.2) is 19.7 Å². The van der Waals surface area contributed by atoms with Gasteiger partial charge in [-0.3, -0.25) is 0 Å². The van der Waals surface area contributed by atoms with Crippen LogP contribution in [0.1, 0.15) is 12.8 Å². The highest BCUT2D eigenvalue weighted by Crippen LogP contribution is 2.36. The topological polar surface area (TPSA) is 140 Å². The minimum Gasteiger partial charge on any atom is -0.344 e. The quantitative estimate of drug-likeness (QED) is 0.354. The Morgan fingerprint density at radius 3 is 1.40 bits per heavy atom. The van der Waals surface area contributed by atoms with E-state index in [0.29, 0.717) is 11.4 Å². The van der Waals surface area contributed by atoms with Crippen LogP contribution in [0.5, 0.6) is 0 Å². The second kappa shape index (κ2) is 11.8. The van der Waals surface area contributed by atoms with E-state index in [9.17, 15) is 16.8 Å². The molecule has 3 aromatic rings.